The summed E-state index contributed by atoms with van der Waals surface area (Å²) in [7, 11) is 0. The SMILES string of the molecule is O=C(c1cccs1)N1CCO[C@H]2[C@@H](OCc3ccccn3)CC[C@@H]21. The van der Waals surface area contributed by atoms with Crippen molar-refractivity contribution in [1.82, 2.24) is 9.88 Å². The molecule has 0 bridgehead atoms. The third-order valence-corrected chi connectivity index (χ3v) is 5.56. The molecule has 1 amide bonds. The fourth-order valence-corrected chi connectivity index (χ4v) is 4.24. The number of pyridine rings is 1. The van der Waals surface area contributed by atoms with Crippen LogP contribution in [-0.2, 0) is 16.1 Å². The van der Waals surface area contributed by atoms with Gasteiger partial charge in [-0.25, -0.2) is 0 Å². The second kappa shape index (κ2) is 7.01. The van der Waals surface area contributed by atoms with E-state index in [4.69, 9.17) is 9.47 Å². The normalized spacial score (nSPS) is 26.3. The third-order valence-electron chi connectivity index (χ3n) is 4.70. The monoisotopic (exact) mass is 344 g/mol. The molecular formula is C18H20N2O3S. The number of amides is 1. The first-order valence-electron chi connectivity index (χ1n) is 8.30. The van der Waals surface area contributed by atoms with Crippen molar-refractivity contribution in [3.63, 3.8) is 0 Å². The van der Waals surface area contributed by atoms with Crippen molar-refractivity contribution in [3.8, 4) is 0 Å². The Kier molecular flexibility index (Phi) is 4.60. The molecule has 0 spiro atoms. The van der Waals surface area contributed by atoms with Gasteiger partial charge in [-0.3, -0.25) is 9.78 Å². The van der Waals surface area contributed by atoms with Crippen LogP contribution in [0.25, 0.3) is 0 Å². The van der Waals surface area contributed by atoms with Crippen molar-refractivity contribution >= 4 is 17.2 Å². The van der Waals surface area contributed by atoms with Gasteiger partial charge >= 0.3 is 0 Å². The second-order valence-corrected chi connectivity index (χ2v) is 7.07. The highest BCUT2D eigenvalue weighted by Crippen LogP contribution is 2.33. The number of aromatic nitrogens is 1. The average Bonchev–Trinajstić information content (AvgIpc) is 3.30. The fraction of sp³-hybridized carbons (Fsp3) is 0.444. The van der Waals surface area contributed by atoms with Gasteiger partial charge in [0, 0.05) is 12.7 Å². The molecule has 3 heterocycles. The molecule has 24 heavy (non-hydrogen) atoms. The number of rotatable bonds is 4. The van der Waals surface area contributed by atoms with Crippen molar-refractivity contribution in [2.45, 2.75) is 37.7 Å². The predicted molar refractivity (Wildman–Crippen MR) is 90.9 cm³/mol. The molecule has 0 aromatic carbocycles. The number of hydrogen-bond donors (Lipinski definition) is 0. The molecule has 0 unspecified atom stereocenters. The molecule has 6 heteroatoms. The van der Waals surface area contributed by atoms with Gasteiger partial charge in [-0.15, -0.1) is 11.3 Å². The van der Waals surface area contributed by atoms with Crippen LogP contribution in [0.1, 0.15) is 28.2 Å². The van der Waals surface area contributed by atoms with E-state index >= 15 is 0 Å². The Labute approximate surface area is 145 Å². The van der Waals surface area contributed by atoms with Crippen LogP contribution >= 0.6 is 11.3 Å². The van der Waals surface area contributed by atoms with E-state index in [0.717, 1.165) is 23.4 Å². The number of carbonyl (C=O) groups is 1. The van der Waals surface area contributed by atoms with Gasteiger partial charge in [0.2, 0.25) is 0 Å². The Bertz CT molecular complexity index is 677. The summed E-state index contributed by atoms with van der Waals surface area (Å²) in [5, 5.41) is 1.94. The highest BCUT2D eigenvalue weighted by atomic mass is 32.1. The van der Waals surface area contributed by atoms with Gasteiger partial charge in [-0.1, -0.05) is 12.1 Å². The smallest absolute Gasteiger partial charge is 0.264 e. The molecule has 2 aromatic rings. The largest absolute Gasteiger partial charge is 0.372 e. The highest BCUT2D eigenvalue weighted by molar-refractivity contribution is 7.12. The van der Waals surface area contributed by atoms with E-state index in [1.54, 1.807) is 6.20 Å². The van der Waals surface area contributed by atoms with Crippen molar-refractivity contribution < 1.29 is 14.3 Å². The Hall–Kier alpha value is -1.76. The maximum Gasteiger partial charge on any atom is 0.264 e. The van der Waals surface area contributed by atoms with Crippen LogP contribution in [0.15, 0.2) is 41.9 Å². The van der Waals surface area contributed by atoms with Gasteiger partial charge in [-0.2, -0.15) is 0 Å². The average molecular weight is 344 g/mol. The van der Waals surface area contributed by atoms with E-state index in [1.807, 2.05) is 40.6 Å². The number of thiophene rings is 1. The molecule has 2 aliphatic rings. The topological polar surface area (TPSA) is 51.7 Å². The Balaban J connectivity index is 1.42. The lowest BCUT2D eigenvalue weighted by atomic mass is 10.1. The summed E-state index contributed by atoms with van der Waals surface area (Å²) in [5.41, 5.74) is 0.920. The number of fused-ring (bicyclic) bond motifs is 1. The molecule has 5 nitrogen and oxygen atoms in total. The lowest BCUT2D eigenvalue weighted by Gasteiger charge is -2.38. The summed E-state index contributed by atoms with van der Waals surface area (Å²) in [4.78, 5) is 19.8. The summed E-state index contributed by atoms with van der Waals surface area (Å²) in [5.74, 6) is 0.119. The summed E-state index contributed by atoms with van der Waals surface area (Å²) in [6, 6.07) is 9.74. The first-order valence-corrected chi connectivity index (χ1v) is 9.18. The second-order valence-electron chi connectivity index (χ2n) is 6.13. The Morgan fingerprint density at radius 2 is 2.29 bits per heavy atom. The molecule has 0 N–H and O–H groups in total. The Morgan fingerprint density at radius 3 is 3.08 bits per heavy atom. The van der Waals surface area contributed by atoms with Crippen LogP contribution in [0.4, 0.5) is 0 Å². The first kappa shape index (κ1) is 15.7. The molecule has 2 aromatic heterocycles. The van der Waals surface area contributed by atoms with Gasteiger partial charge in [0.25, 0.3) is 5.91 Å². The fourth-order valence-electron chi connectivity index (χ4n) is 3.56. The van der Waals surface area contributed by atoms with Crippen LogP contribution in [0.5, 0.6) is 0 Å². The number of carbonyl (C=O) groups excluding carboxylic acids is 1. The maximum absolute atomic E-state index is 12.7. The zero-order chi connectivity index (χ0) is 16.4. The van der Waals surface area contributed by atoms with E-state index in [-0.39, 0.29) is 24.2 Å². The quantitative estimate of drug-likeness (QED) is 0.856. The minimum absolute atomic E-state index is 0.0240. The standard InChI is InChI=1S/C18H20N2O3S/c21-18(16-5-3-11-24-16)20-9-10-22-17-14(20)6-7-15(17)23-12-13-4-1-2-8-19-13/h1-5,8,11,14-15,17H,6-7,9-10,12H2/t14-,15-,17+/m0/s1. The van der Waals surface area contributed by atoms with E-state index in [1.165, 1.54) is 11.3 Å². The lowest BCUT2D eigenvalue weighted by molar-refractivity contribution is -0.108. The summed E-state index contributed by atoms with van der Waals surface area (Å²) >= 11 is 1.50. The van der Waals surface area contributed by atoms with Gasteiger partial charge in [0.05, 0.1) is 35.9 Å². The molecular weight excluding hydrogens is 324 g/mol. The van der Waals surface area contributed by atoms with Crippen LogP contribution in [0.3, 0.4) is 0 Å². The van der Waals surface area contributed by atoms with E-state index in [9.17, 15) is 4.79 Å². The number of ether oxygens (including phenoxy) is 2. The summed E-state index contributed by atoms with van der Waals surface area (Å²) < 4.78 is 12.0. The Morgan fingerprint density at radius 1 is 1.33 bits per heavy atom. The molecule has 0 radical (unpaired) electrons. The van der Waals surface area contributed by atoms with E-state index < -0.39 is 0 Å². The summed E-state index contributed by atoms with van der Waals surface area (Å²) in [6.07, 6.45) is 3.60. The van der Waals surface area contributed by atoms with Crippen molar-refractivity contribution in [1.29, 1.82) is 0 Å². The molecule has 1 aliphatic heterocycles. The molecule has 3 atom stereocenters. The van der Waals surface area contributed by atoms with Crippen LogP contribution in [0, 0.1) is 0 Å². The van der Waals surface area contributed by atoms with Crippen LogP contribution in [0.2, 0.25) is 0 Å². The van der Waals surface area contributed by atoms with Crippen molar-refractivity contribution in [2.24, 2.45) is 0 Å². The number of hydrogen-bond acceptors (Lipinski definition) is 5. The number of nitrogens with zero attached hydrogens (tertiary/aromatic N) is 2. The first-order chi connectivity index (χ1) is 11.8. The van der Waals surface area contributed by atoms with Crippen LogP contribution < -0.4 is 0 Å². The highest BCUT2D eigenvalue weighted by Gasteiger charge is 2.45. The zero-order valence-electron chi connectivity index (χ0n) is 13.3. The van der Waals surface area contributed by atoms with Gasteiger partial charge in [0.1, 0.15) is 6.10 Å². The molecule has 1 aliphatic carbocycles. The minimum atomic E-state index is -0.0358. The van der Waals surface area contributed by atoms with Gasteiger partial charge < -0.3 is 14.4 Å². The minimum Gasteiger partial charge on any atom is -0.372 e. The number of morpholine rings is 1. The molecule has 4 rings (SSSR count). The molecule has 1 saturated heterocycles. The summed E-state index contributed by atoms with van der Waals surface area (Å²) in [6.45, 7) is 1.71. The lowest BCUT2D eigenvalue weighted by Crippen LogP contribution is -2.53. The van der Waals surface area contributed by atoms with Gasteiger partial charge in [0.15, 0.2) is 0 Å². The van der Waals surface area contributed by atoms with Gasteiger partial charge in [-0.05, 0) is 36.4 Å². The van der Waals surface area contributed by atoms with E-state index in [0.29, 0.717) is 19.8 Å². The van der Waals surface area contributed by atoms with Crippen LogP contribution in [-0.4, -0.2) is 47.2 Å². The molecule has 126 valence electrons. The molecule has 1 saturated carbocycles. The molecule has 2 fully saturated rings. The predicted octanol–water partition coefficient (Wildman–Crippen LogP) is 2.73. The zero-order valence-corrected chi connectivity index (χ0v) is 14.2. The van der Waals surface area contributed by atoms with Crippen molar-refractivity contribution in [2.75, 3.05) is 13.2 Å². The van der Waals surface area contributed by atoms with Crippen molar-refractivity contribution in [3.05, 3.63) is 52.5 Å². The van der Waals surface area contributed by atoms with E-state index in [2.05, 4.69) is 4.98 Å². The third kappa shape index (κ3) is 3.09. The maximum atomic E-state index is 12.7.